The fraction of sp³-hybridized carbons (Fsp3) is 0.0714. The number of rotatable bonds is 2. The predicted molar refractivity (Wildman–Crippen MR) is 72.2 cm³/mol. The molecule has 0 fully saturated rings. The van der Waals surface area contributed by atoms with Crippen molar-refractivity contribution in [1.29, 1.82) is 0 Å². The maximum absolute atomic E-state index is 11.9. The van der Waals surface area contributed by atoms with Gasteiger partial charge < -0.3 is 0 Å². The van der Waals surface area contributed by atoms with Crippen molar-refractivity contribution in [2.45, 2.75) is 6.92 Å². The number of aromatic amines is 1. The quantitative estimate of drug-likeness (QED) is 0.758. The maximum Gasteiger partial charge on any atom is 0.349 e. The largest absolute Gasteiger partial charge is 0.349 e. The predicted octanol–water partition coefficient (Wildman–Crippen LogP) is 1.93. The van der Waals surface area contributed by atoms with Gasteiger partial charge in [-0.25, -0.2) is 9.78 Å². The smallest absolute Gasteiger partial charge is 0.288 e. The highest BCUT2D eigenvalue weighted by molar-refractivity contribution is 5.55. The topological polar surface area (TPSA) is 63.6 Å². The van der Waals surface area contributed by atoms with Gasteiger partial charge in [0.15, 0.2) is 11.6 Å². The summed E-state index contributed by atoms with van der Waals surface area (Å²) in [5, 5.41) is 4.28. The zero-order chi connectivity index (χ0) is 13.2. The van der Waals surface area contributed by atoms with Gasteiger partial charge in [0.1, 0.15) is 0 Å². The Balaban J connectivity index is 2.10. The highest BCUT2D eigenvalue weighted by atomic mass is 16.2. The molecule has 94 valence electrons. The van der Waals surface area contributed by atoms with Crippen molar-refractivity contribution in [3.63, 3.8) is 0 Å². The second-order valence-corrected chi connectivity index (χ2v) is 4.25. The second-order valence-electron chi connectivity index (χ2n) is 4.25. The van der Waals surface area contributed by atoms with Crippen LogP contribution in [0.15, 0.2) is 53.5 Å². The molecule has 2 heterocycles. The van der Waals surface area contributed by atoms with E-state index in [4.69, 9.17) is 0 Å². The van der Waals surface area contributed by atoms with Gasteiger partial charge in [0.25, 0.3) is 0 Å². The Morgan fingerprint density at radius 3 is 2.79 bits per heavy atom. The fourth-order valence-electron chi connectivity index (χ4n) is 1.88. The van der Waals surface area contributed by atoms with E-state index in [-0.39, 0.29) is 5.69 Å². The molecule has 0 amide bonds. The summed E-state index contributed by atoms with van der Waals surface area (Å²) in [5.41, 5.74) is 1.70. The Labute approximate surface area is 109 Å². The summed E-state index contributed by atoms with van der Waals surface area (Å²) in [5.74, 6) is 1.04. The van der Waals surface area contributed by atoms with Crippen LogP contribution in [0.25, 0.3) is 17.2 Å². The standard InChI is InChI=1S/C14H12N4O/c1-10-5-4-6-11(9-10)13-16-14(19)18(17-13)12-7-2-3-8-15-12/h2-9H,1H3,(H,16,17,19). The van der Waals surface area contributed by atoms with Gasteiger partial charge in [0.2, 0.25) is 0 Å². The summed E-state index contributed by atoms with van der Waals surface area (Å²) in [4.78, 5) is 18.8. The molecule has 0 atom stereocenters. The summed E-state index contributed by atoms with van der Waals surface area (Å²) >= 11 is 0. The molecule has 0 aliphatic heterocycles. The molecule has 0 spiro atoms. The van der Waals surface area contributed by atoms with Gasteiger partial charge >= 0.3 is 5.69 Å². The van der Waals surface area contributed by atoms with E-state index in [9.17, 15) is 4.79 Å². The highest BCUT2D eigenvalue weighted by Crippen LogP contribution is 2.15. The Morgan fingerprint density at radius 2 is 2.05 bits per heavy atom. The van der Waals surface area contributed by atoms with Crippen molar-refractivity contribution < 1.29 is 0 Å². The monoisotopic (exact) mass is 252 g/mol. The van der Waals surface area contributed by atoms with E-state index in [1.165, 1.54) is 4.68 Å². The Hall–Kier alpha value is -2.69. The van der Waals surface area contributed by atoms with E-state index in [1.54, 1.807) is 18.3 Å². The third kappa shape index (κ3) is 2.18. The maximum atomic E-state index is 11.9. The van der Waals surface area contributed by atoms with Crippen molar-refractivity contribution in [3.8, 4) is 17.2 Å². The summed E-state index contributed by atoms with van der Waals surface area (Å²) in [7, 11) is 0. The molecule has 5 heteroatoms. The molecular formula is C14H12N4O. The lowest BCUT2D eigenvalue weighted by molar-refractivity contribution is 0.814. The van der Waals surface area contributed by atoms with Crippen LogP contribution >= 0.6 is 0 Å². The number of nitrogens with zero attached hydrogens (tertiary/aromatic N) is 3. The molecule has 0 radical (unpaired) electrons. The number of H-pyrrole nitrogens is 1. The summed E-state index contributed by atoms with van der Waals surface area (Å²) in [6.07, 6.45) is 1.63. The summed E-state index contributed by atoms with van der Waals surface area (Å²) < 4.78 is 1.26. The first-order valence-corrected chi connectivity index (χ1v) is 5.92. The molecular weight excluding hydrogens is 240 g/mol. The minimum Gasteiger partial charge on any atom is -0.288 e. The molecule has 1 aromatic carbocycles. The number of hydrogen-bond donors (Lipinski definition) is 1. The Kier molecular flexibility index (Phi) is 2.72. The number of benzene rings is 1. The number of nitrogens with one attached hydrogen (secondary N) is 1. The molecule has 0 saturated heterocycles. The summed E-state index contributed by atoms with van der Waals surface area (Å²) in [6, 6.07) is 13.2. The van der Waals surface area contributed by atoms with Crippen LogP contribution in [0.3, 0.4) is 0 Å². The average molecular weight is 252 g/mol. The van der Waals surface area contributed by atoms with E-state index in [1.807, 2.05) is 37.3 Å². The molecule has 3 aromatic rings. The lowest BCUT2D eigenvalue weighted by atomic mass is 10.1. The molecule has 0 unspecified atom stereocenters. The van der Waals surface area contributed by atoms with E-state index < -0.39 is 0 Å². The van der Waals surface area contributed by atoms with Crippen LogP contribution in [-0.4, -0.2) is 19.7 Å². The zero-order valence-electron chi connectivity index (χ0n) is 10.4. The van der Waals surface area contributed by atoms with Crippen molar-refractivity contribution in [2.75, 3.05) is 0 Å². The van der Waals surface area contributed by atoms with Crippen LogP contribution in [0.1, 0.15) is 5.56 Å². The minimum atomic E-state index is -0.296. The second kappa shape index (κ2) is 4.53. The van der Waals surface area contributed by atoms with Gasteiger partial charge in [0, 0.05) is 11.8 Å². The first kappa shape index (κ1) is 11.4. The summed E-state index contributed by atoms with van der Waals surface area (Å²) in [6.45, 7) is 2.00. The van der Waals surface area contributed by atoms with Crippen LogP contribution < -0.4 is 5.69 Å². The van der Waals surface area contributed by atoms with E-state index in [2.05, 4.69) is 15.1 Å². The van der Waals surface area contributed by atoms with Gasteiger partial charge in [-0.05, 0) is 25.1 Å². The molecule has 0 aliphatic rings. The number of pyridine rings is 1. The first-order valence-electron chi connectivity index (χ1n) is 5.92. The molecule has 0 aliphatic carbocycles. The molecule has 2 aromatic heterocycles. The SMILES string of the molecule is Cc1cccc(-c2nn(-c3ccccn3)c(=O)[nH]2)c1. The number of aryl methyl sites for hydroxylation is 1. The molecule has 5 nitrogen and oxygen atoms in total. The lowest BCUT2D eigenvalue weighted by Crippen LogP contribution is -2.16. The normalized spacial score (nSPS) is 10.6. The van der Waals surface area contributed by atoms with E-state index >= 15 is 0 Å². The highest BCUT2D eigenvalue weighted by Gasteiger charge is 2.09. The van der Waals surface area contributed by atoms with Crippen LogP contribution in [0, 0.1) is 6.92 Å². The van der Waals surface area contributed by atoms with E-state index in [0.29, 0.717) is 11.6 Å². The third-order valence-corrected chi connectivity index (χ3v) is 2.78. The molecule has 0 bridgehead atoms. The van der Waals surface area contributed by atoms with Crippen LogP contribution in [-0.2, 0) is 0 Å². The lowest BCUT2D eigenvalue weighted by Gasteiger charge is -1.98. The van der Waals surface area contributed by atoms with Crippen molar-refractivity contribution in [1.82, 2.24) is 19.7 Å². The Bertz CT molecular complexity index is 758. The van der Waals surface area contributed by atoms with Gasteiger partial charge in [-0.3, -0.25) is 4.98 Å². The van der Waals surface area contributed by atoms with Crippen LogP contribution in [0.2, 0.25) is 0 Å². The third-order valence-electron chi connectivity index (χ3n) is 2.78. The van der Waals surface area contributed by atoms with Crippen molar-refractivity contribution >= 4 is 0 Å². The van der Waals surface area contributed by atoms with Crippen molar-refractivity contribution in [3.05, 3.63) is 64.7 Å². The molecule has 19 heavy (non-hydrogen) atoms. The molecule has 1 N–H and O–H groups in total. The molecule has 0 saturated carbocycles. The van der Waals surface area contributed by atoms with Gasteiger partial charge in [-0.1, -0.05) is 29.8 Å². The minimum absolute atomic E-state index is 0.296. The van der Waals surface area contributed by atoms with Gasteiger partial charge in [0.05, 0.1) is 0 Å². The fourth-order valence-corrected chi connectivity index (χ4v) is 1.88. The van der Waals surface area contributed by atoms with Gasteiger partial charge in [-0.2, -0.15) is 4.68 Å². The first-order chi connectivity index (χ1) is 9.24. The Morgan fingerprint density at radius 1 is 1.16 bits per heavy atom. The van der Waals surface area contributed by atoms with Crippen LogP contribution in [0.5, 0.6) is 0 Å². The van der Waals surface area contributed by atoms with Crippen LogP contribution in [0.4, 0.5) is 0 Å². The zero-order valence-corrected chi connectivity index (χ0v) is 10.4. The number of hydrogen-bond acceptors (Lipinski definition) is 3. The van der Waals surface area contributed by atoms with Gasteiger partial charge in [-0.15, -0.1) is 5.10 Å². The average Bonchev–Trinajstić information content (AvgIpc) is 2.82. The van der Waals surface area contributed by atoms with Crippen molar-refractivity contribution in [2.24, 2.45) is 0 Å². The molecule has 3 rings (SSSR count). The number of aromatic nitrogens is 4. The van der Waals surface area contributed by atoms with E-state index in [0.717, 1.165) is 11.1 Å².